The molecule has 0 spiro atoms. The first-order valence-electron chi connectivity index (χ1n) is 11.8. The number of aromatic nitrogens is 8. The number of carbonyl (C=O) groups excluding carboxylic acids is 1. The molecule has 0 radical (unpaired) electrons. The molecule has 0 fully saturated rings. The number of rotatable bonds is 8. The molecule has 5 aromatic heterocycles. The summed E-state index contributed by atoms with van der Waals surface area (Å²) in [5, 5.41) is 9.02. The second-order valence-corrected chi connectivity index (χ2v) is 8.63. The standard InChI is InChI=1S/C27H20F2N8O/c28-20-4-2-18(3-5-20)26-27(35(17-31-26)12-13-36-11-1-9-32-36)22-6-7-25-33-21(16-37(25)34-22)15-23(38)19-8-10-30-24(29)14-19/h1-11,14,16-17H,12-13,15H2. The van der Waals surface area contributed by atoms with Gasteiger partial charge in [-0.3, -0.25) is 9.48 Å². The van der Waals surface area contributed by atoms with Crippen LogP contribution in [0.4, 0.5) is 8.78 Å². The van der Waals surface area contributed by atoms with Gasteiger partial charge in [0, 0.05) is 42.3 Å². The second-order valence-electron chi connectivity index (χ2n) is 8.63. The highest BCUT2D eigenvalue weighted by molar-refractivity contribution is 5.97. The second kappa shape index (κ2) is 9.77. The zero-order chi connectivity index (χ0) is 26.1. The number of Topliss-reactive ketones (excluding diaryl/α,β-unsaturated/α-hetero) is 1. The van der Waals surface area contributed by atoms with E-state index in [2.05, 4.69) is 20.1 Å². The van der Waals surface area contributed by atoms with Crippen molar-refractivity contribution >= 4 is 11.4 Å². The van der Waals surface area contributed by atoms with E-state index in [1.807, 2.05) is 33.6 Å². The Balaban J connectivity index is 1.35. The molecule has 11 heteroatoms. The summed E-state index contributed by atoms with van der Waals surface area (Å²) in [6.45, 7) is 1.20. The summed E-state index contributed by atoms with van der Waals surface area (Å²) in [5.41, 5.74) is 4.08. The number of halogens is 2. The molecule has 0 unspecified atom stereocenters. The van der Waals surface area contributed by atoms with Crippen LogP contribution in [0.5, 0.6) is 0 Å². The average Bonchev–Trinajstić information content (AvgIpc) is 3.67. The first kappa shape index (κ1) is 23.3. The molecule has 0 amide bonds. The molecule has 0 saturated heterocycles. The Morgan fingerprint density at radius 1 is 0.947 bits per heavy atom. The van der Waals surface area contributed by atoms with E-state index in [9.17, 15) is 13.6 Å². The van der Waals surface area contributed by atoms with Crippen LogP contribution in [0.1, 0.15) is 16.1 Å². The summed E-state index contributed by atoms with van der Waals surface area (Å²) in [6, 6.07) is 14.2. The van der Waals surface area contributed by atoms with Crippen molar-refractivity contribution in [2.24, 2.45) is 0 Å². The van der Waals surface area contributed by atoms with Gasteiger partial charge in [-0.1, -0.05) is 0 Å². The van der Waals surface area contributed by atoms with Crippen LogP contribution in [0.2, 0.25) is 0 Å². The van der Waals surface area contributed by atoms with Crippen molar-refractivity contribution in [1.82, 2.24) is 38.9 Å². The zero-order valence-electron chi connectivity index (χ0n) is 19.9. The van der Waals surface area contributed by atoms with Crippen LogP contribution in [0, 0.1) is 11.8 Å². The number of imidazole rings is 2. The number of aryl methyl sites for hydroxylation is 2. The van der Waals surface area contributed by atoms with Gasteiger partial charge in [0.1, 0.15) is 11.5 Å². The Bertz CT molecular complexity index is 1740. The van der Waals surface area contributed by atoms with Gasteiger partial charge in [0.05, 0.1) is 42.6 Å². The predicted molar refractivity (Wildman–Crippen MR) is 134 cm³/mol. The maximum absolute atomic E-state index is 13.6. The maximum Gasteiger partial charge on any atom is 0.213 e. The Morgan fingerprint density at radius 2 is 1.82 bits per heavy atom. The molecule has 188 valence electrons. The molecule has 0 bridgehead atoms. The van der Waals surface area contributed by atoms with E-state index >= 15 is 0 Å². The minimum atomic E-state index is -0.710. The van der Waals surface area contributed by atoms with Gasteiger partial charge in [-0.15, -0.1) is 0 Å². The molecule has 38 heavy (non-hydrogen) atoms. The van der Waals surface area contributed by atoms with Gasteiger partial charge in [-0.2, -0.15) is 14.6 Å². The number of hydrogen-bond acceptors (Lipinski definition) is 6. The lowest BCUT2D eigenvalue weighted by molar-refractivity contribution is 0.0991. The molecular formula is C27H20F2N8O. The highest BCUT2D eigenvalue weighted by atomic mass is 19.1. The van der Waals surface area contributed by atoms with Crippen molar-refractivity contribution in [3.63, 3.8) is 0 Å². The summed E-state index contributed by atoms with van der Waals surface area (Å²) in [5.74, 6) is -1.31. The van der Waals surface area contributed by atoms with Crippen molar-refractivity contribution in [1.29, 1.82) is 0 Å². The number of benzene rings is 1. The third-order valence-electron chi connectivity index (χ3n) is 6.09. The molecule has 0 saturated carbocycles. The van der Waals surface area contributed by atoms with E-state index in [0.717, 1.165) is 17.3 Å². The Kier molecular flexibility index (Phi) is 6.00. The van der Waals surface area contributed by atoms with Crippen LogP contribution in [0.3, 0.4) is 0 Å². The number of carbonyl (C=O) groups is 1. The summed E-state index contributed by atoms with van der Waals surface area (Å²) in [4.78, 5) is 25.2. The molecule has 6 rings (SSSR count). The van der Waals surface area contributed by atoms with Gasteiger partial charge in [-0.05, 0) is 48.5 Å². The normalized spacial score (nSPS) is 11.3. The SMILES string of the molecule is O=C(Cc1cn2nc(-c3c(-c4ccc(F)cc4)ncn3CCn3cccn3)ccc2n1)c1ccnc(F)c1. The van der Waals surface area contributed by atoms with Crippen molar-refractivity contribution in [3.8, 4) is 22.6 Å². The molecule has 0 aliphatic rings. The van der Waals surface area contributed by atoms with Crippen LogP contribution in [0.15, 0.2) is 85.7 Å². The highest BCUT2D eigenvalue weighted by Crippen LogP contribution is 2.30. The third-order valence-corrected chi connectivity index (χ3v) is 6.09. The summed E-state index contributed by atoms with van der Waals surface area (Å²) < 4.78 is 32.4. The van der Waals surface area contributed by atoms with Crippen molar-refractivity contribution in [2.45, 2.75) is 19.5 Å². The van der Waals surface area contributed by atoms with Crippen LogP contribution in [0.25, 0.3) is 28.3 Å². The van der Waals surface area contributed by atoms with Crippen LogP contribution >= 0.6 is 0 Å². The molecular weight excluding hydrogens is 490 g/mol. The van der Waals surface area contributed by atoms with Crippen molar-refractivity contribution < 1.29 is 13.6 Å². The summed E-state index contributed by atoms with van der Waals surface area (Å²) >= 11 is 0. The van der Waals surface area contributed by atoms with Crippen LogP contribution in [-0.2, 0) is 19.5 Å². The van der Waals surface area contributed by atoms with Gasteiger partial charge in [-0.25, -0.2) is 23.9 Å². The van der Waals surface area contributed by atoms with Crippen molar-refractivity contribution in [3.05, 3.63) is 109 Å². The maximum atomic E-state index is 13.6. The third kappa shape index (κ3) is 4.69. The van der Waals surface area contributed by atoms with Gasteiger partial charge in [0.15, 0.2) is 11.4 Å². The molecule has 9 nitrogen and oxygen atoms in total. The topological polar surface area (TPSA) is 95.8 Å². The van der Waals surface area contributed by atoms with Crippen LogP contribution in [-0.4, -0.2) is 44.7 Å². The fraction of sp³-hybridized carbons (Fsp3) is 0.111. The average molecular weight is 511 g/mol. The van der Waals surface area contributed by atoms with E-state index in [4.69, 9.17) is 5.10 Å². The van der Waals surface area contributed by atoms with E-state index in [1.165, 1.54) is 24.4 Å². The molecule has 5 heterocycles. The minimum Gasteiger partial charge on any atom is -0.327 e. The molecule has 0 aliphatic heterocycles. The lowest BCUT2D eigenvalue weighted by Crippen LogP contribution is -2.09. The zero-order valence-corrected chi connectivity index (χ0v) is 19.9. The fourth-order valence-corrected chi connectivity index (χ4v) is 4.27. The molecule has 0 aliphatic carbocycles. The molecule has 0 atom stereocenters. The van der Waals surface area contributed by atoms with Gasteiger partial charge < -0.3 is 4.57 Å². The van der Waals surface area contributed by atoms with E-state index in [0.29, 0.717) is 35.8 Å². The first-order valence-corrected chi connectivity index (χ1v) is 11.8. The van der Waals surface area contributed by atoms with Crippen molar-refractivity contribution in [2.75, 3.05) is 0 Å². The lowest BCUT2D eigenvalue weighted by atomic mass is 10.1. The first-order chi connectivity index (χ1) is 18.5. The number of ketones is 1. The monoisotopic (exact) mass is 510 g/mol. The Morgan fingerprint density at radius 3 is 2.61 bits per heavy atom. The van der Waals surface area contributed by atoms with Crippen LogP contribution < -0.4 is 0 Å². The van der Waals surface area contributed by atoms with Gasteiger partial charge >= 0.3 is 0 Å². The largest absolute Gasteiger partial charge is 0.327 e. The molecule has 6 aromatic rings. The molecule has 0 N–H and O–H groups in total. The summed E-state index contributed by atoms with van der Waals surface area (Å²) in [7, 11) is 0. The van der Waals surface area contributed by atoms with E-state index in [1.54, 1.807) is 35.4 Å². The van der Waals surface area contributed by atoms with E-state index in [-0.39, 0.29) is 23.6 Å². The van der Waals surface area contributed by atoms with Gasteiger partial charge in [0.2, 0.25) is 5.95 Å². The number of pyridine rings is 1. The number of nitrogens with zero attached hydrogens (tertiary/aromatic N) is 8. The van der Waals surface area contributed by atoms with Gasteiger partial charge in [0.25, 0.3) is 0 Å². The quantitative estimate of drug-likeness (QED) is 0.224. The Labute approximate surface area is 215 Å². The fourth-order valence-electron chi connectivity index (χ4n) is 4.27. The smallest absolute Gasteiger partial charge is 0.213 e. The summed E-state index contributed by atoms with van der Waals surface area (Å²) in [6.07, 6.45) is 8.27. The number of hydrogen-bond donors (Lipinski definition) is 0. The lowest BCUT2D eigenvalue weighted by Gasteiger charge is -2.10. The Hall–Kier alpha value is -5.06. The minimum absolute atomic E-state index is 0.00915. The van der Waals surface area contributed by atoms with E-state index < -0.39 is 5.95 Å². The predicted octanol–water partition coefficient (Wildman–Crippen LogP) is 4.26. The molecule has 1 aromatic carbocycles. The highest BCUT2D eigenvalue weighted by Gasteiger charge is 2.18. The number of fused-ring (bicyclic) bond motifs is 1.